The smallest absolute Gasteiger partial charge is 0.154 e. The van der Waals surface area contributed by atoms with Crippen molar-refractivity contribution in [1.29, 1.82) is 5.26 Å². The fourth-order valence-electron chi connectivity index (χ4n) is 1.74. The molecule has 0 aliphatic carbocycles. The number of benzene rings is 2. The molecule has 0 spiro atoms. The van der Waals surface area contributed by atoms with Gasteiger partial charge in [0.05, 0.1) is 11.7 Å². The number of rotatable bonds is 4. The Hall–Kier alpha value is -2.67. The molecule has 2 rings (SSSR count). The van der Waals surface area contributed by atoms with E-state index in [-0.39, 0.29) is 6.10 Å². The normalized spacial score (nSPS) is 10.1. The third-order valence-corrected chi connectivity index (χ3v) is 2.62. The highest BCUT2D eigenvalue weighted by molar-refractivity contribution is 5.64. The lowest BCUT2D eigenvalue weighted by molar-refractivity contribution is 0.243. The Balaban J connectivity index is 2.32. The first-order valence-electron chi connectivity index (χ1n) is 6.34. The summed E-state index contributed by atoms with van der Waals surface area (Å²) in [5, 5.41) is 9.05. The van der Waals surface area contributed by atoms with Crippen LogP contribution in [0.1, 0.15) is 19.4 Å². The third kappa shape index (κ3) is 3.01. The van der Waals surface area contributed by atoms with Crippen LogP contribution in [0.25, 0.3) is 0 Å². The predicted octanol–water partition coefficient (Wildman–Crippen LogP) is 3.72. The first-order valence-corrected chi connectivity index (χ1v) is 6.34. The molecule has 2 aromatic carbocycles. The van der Waals surface area contributed by atoms with Crippen molar-refractivity contribution < 1.29 is 9.47 Å². The van der Waals surface area contributed by atoms with Crippen LogP contribution in [-0.4, -0.2) is 6.10 Å². The van der Waals surface area contributed by atoms with Crippen molar-refractivity contribution >= 4 is 5.69 Å². The van der Waals surface area contributed by atoms with Gasteiger partial charge in [0.15, 0.2) is 5.75 Å². The number of para-hydroxylation sites is 2. The molecule has 0 saturated heterocycles. The maximum absolute atomic E-state index is 9.05. The number of hydrogen-bond acceptors (Lipinski definition) is 4. The van der Waals surface area contributed by atoms with Crippen molar-refractivity contribution in [2.45, 2.75) is 20.0 Å². The number of ether oxygens (including phenoxy) is 2. The van der Waals surface area contributed by atoms with E-state index in [0.717, 1.165) is 0 Å². The number of nitrogens with zero attached hydrogens (tertiary/aromatic N) is 1. The van der Waals surface area contributed by atoms with Gasteiger partial charge in [-0.3, -0.25) is 0 Å². The molecule has 0 heterocycles. The lowest BCUT2D eigenvalue weighted by atomic mass is 10.2. The average Bonchev–Trinajstić information content (AvgIpc) is 2.43. The van der Waals surface area contributed by atoms with E-state index in [1.165, 1.54) is 0 Å². The lowest BCUT2D eigenvalue weighted by Gasteiger charge is -2.15. The van der Waals surface area contributed by atoms with Gasteiger partial charge < -0.3 is 15.2 Å². The van der Waals surface area contributed by atoms with Gasteiger partial charge in [0, 0.05) is 0 Å². The zero-order valence-corrected chi connectivity index (χ0v) is 11.5. The van der Waals surface area contributed by atoms with Gasteiger partial charge in [-0.05, 0) is 38.1 Å². The Morgan fingerprint density at radius 1 is 1.00 bits per heavy atom. The maximum Gasteiger partial charge on any atom is 0.154 e. The van der Waals surface area contributed by atoms with Crippen LogP contribution in [0.2, 0.25) is 0 Å². The lowest BCUT2D eigenvalue weighted by Crippen LogP contribution is -2.07. The third-order valence-electron chi connectivity index (χ3n) is 2.62. The van der Waals surface area contributed by atoms with Crippen molar-refractivity contribution in [2.75, 3.05) is 5.73 Å². The molecule has 0 bridgehead atoms. The summed E-state index contributed by atoms with van der Waals surface area (Å²) in [4.78, 5) is 0. The summed E-state index contributed by atoms with van der Waals surface area (Å²) in [6.45, 7) is 3.86. The van der Waals surface area contributed by atoms with Crippen LogP contribution < -0.4 is 15.2 Å². The summed E-state index contributed by atoms with van der Waals surface area (Å²) < 4.78 is 11.3. The van der Waals surface area contributed by atoms with Crippen LogP contribution in [0, 0.1) is 11.3 Å². The second-order valence-corrected chi connectivity index (χ2v) is 4.54. The molecule has 102 valence electrons. The molecule has 0 aliphatic rings. The maximum atomic E-state index is 9.05. The predicted molar refractivity (Wildman–Crippen MR) is 77.8 cm³/mol. The summed E-state index contributed by atoms with van der Waals surface area (Å²) in [7, 11) is 0. The van der Waals surface area contributed by atoms with Crippen LogP contribution in [0.5, 0.6) is 17.2 Å². The molecule has 4 nitrogen and oxygen atoms in total. The number of hydrogen-bond donors (Lipinski definition) is 1. The number of anilines is 1. The number of nitrogens with two attached hydrogens (primary N) is 1. The van der Waals surface area contributed by atoms with E-state index in [9.17, 15) is 0 Å². The van der Waals surface area contributed by atoms with Crippen molar-refractivity contribution in [3.8, 4) is 23.3 Å². The topological polar surface area (TPSA) is 68.3 Å². The number of nitriles is 1. The van der Waals surface area contributed by atoms with Crippen LogP contribution in [0.15, 0.2) is 42.5 Å². The second-order valence-electron chi connectivity index (χ2n) is 4.54. The van der Waals surface area contributed by atoms with Crippen LogP contribution in [0.4, 0.5) is 5.69 Å². The largest absolute Gasteiger partial charge is 0.489 e. The first kappa shape index (κ1) is 13.8. The van der Waals surface area contributed by atoms with E-state index in [2.05, 4.69) is 6.07 Å². The van der Waals surface area contributed by atoms with Gasteiger partial charge in [0.25, 0.3) is 0 Å². The summed E-state index contributed by atoms with van der Waals surface area (Å²) >= 11 is 0. The van der Waals surface area contributed by atoms with Crippen LogP contribution in [-0.2, 0) is 0 Å². The minimum absolute atomic E-state index is 0.0268. The molecule has 0 saturated carbocycles. The molecule has 20 heavy (non-hydrogen) atoms. The summed E-state index contributed by atoms with van der Waals surface area (Å²) in [5.74, 6) is 1.53. The summed E-state index contributed by atoms with van der Waals surface area (Å²) in [6, 6.07) is 14.4. The van der Waals surface area contributed by atoms with Gasteiger partial charge in [-0.15, -0.1) is 0 Å². The Morgan fingerprint density at radius 3 is 2.35 bits per heavy atom. The van der Waals surface area contributed by atoms with Crippen molar-refractivity contribution in [2.24, 2.45) is 0 Å². The molecule has 0 atom stereocenters. The highest BCUT2D eigenvalue weighted by atomic mass is 16.5. The first-order chi connectivity index (χ1) is 9.61. The molecular formula is C16H16N2O2. The Morgan fingerprint density at radius 2 is 1.65 bits per heavy atom. The van der Waals surface area contributed by atoms with Gasteiger partial charge in [0.1, 0.15) is 23.3 Å². The van der Waals surface area contributed by atoms with E-state index < -0.39 is 0 Å². The molecule has 0 aromatic heterocycles. The monoisotopic (exact) mass is 268 g/mol. The Kier molecular flexibility index (Phi) is 4.11. The second kappa shape index (κ2) is 5.98. The molecular weight excluding hydrogens is 252 g/mol. The van der Waals surface area contributed by atoms with E-state index >= 15 is 0 Å². The Bertz CT molecular complexity index is 645. The fourth-order valence-corrected chi connectivity index (χ4v) is 1.74. The molecule has 0 radical (unpaired) electrons. The molecule has 0 aliphatic heterocycles. The van der Waals surface area contributed by atoms with E-state index in [0.29, 0.717) is 28.5 Å². The highest BCUT2D eigenvalue weighted by Gasteiger charge is 2.11. The number of nitrogen functional groups attached to an aromatic ring is 1. The molecule has 2 aromatic rings. The minimum atomic E-state index is 0.0268. The van der Waals surface area contributed by atoms with Crippen molar-refractivity contribution in [1.82, 2.24) is 0 Å². The zero-order valence-electron chi connectivity index (χ0n) is 11.5. The average molecular weight is 268 g/mol. The van der Waals surface area contributed by atoms with Gasteiger partial charge in [-0.25, -0.2) is 0 Å². The SMILES string of the molecule is CC(C)Oc1cccc(Oc2ccccc2C#N)c1N. The van der Waals surface area contributed by atoms with Crippen LogP contribution >= 0.6 is 0 Å². The fraction of sp³-hybridized carbons (Fsp3) is 0.188. The standard InChI is InChI=1S/C16H16N2O2/c1-11(2)19-14-8-5-9-15(16(14)18)20-13-7-4-3-6-12(13)10-17/h3-9,11H,18H2,1-2H3. The summed E-state index contributed by atoms with van der Waals surface area (Å²) in [5.41, 5.74) is 6.92. The van der Waals surface area contributed by atoms with E-state index in [1.54, 1.807) is 42.5 Å². The highest BCUT2D eigenvalue weighted by Crippen LogP contribution is 2.35. The zero-order chi connectivity index (χ0) is 14.5. The van der Waals surface area contributed by atoms with Crippen LogP contribution in [0.3, 0.4) is 0 Å². The molecule has 0 unspecified atom stereocenters. The van der Waals surface area contributed by atoms with Gasteiger partial charge >= 0.3 is 0 Å². The molecule has 4 heteroatoms. The molecule has 0 amide bonds. The van der Waals surface area contributed by atoms with Gasteiger partial charge in [-0.2, -0.15) is 5.26 Å². The molecule has 0 fully saturated rings. The minimum Gasteiger partial charge on any atom is -0.489 e. The van der Waals surface area contributed by atoms with Gasteiger partial charge in [0.2, 0.25) is 0 Å². The molecule has 2 N–H and O–H groups in total. The van der Waals surface area contributed by atoms with E-state index in [4.69, 9.17) is 20.5 Å². The van der Waals surface area contributed by atoms with Crippen molar-refractivity contribution in [3.05, 3.63) is 48.0 Å². The van der Waals surface area contributed by atoms with E-state index in [1.807, 2.05) is 13.8 Å². The quantitative estimate of drug-likeness (QED) is 0.858. The van der Waals surface area contributed by atoms with Gasteiger partial charge in [-0.1, -0.05) is 18.2 Å². The summed E-state index contributed by atoms with van der Waals surface area (Å²) in [6.07, 6.45) is 0.0268. The van der Waals surface area contributed by atoms with Crippen molar-refractivity contribution in [3.63, 3.8) is 0 Å². The Labute approximate surface area is 118 Å².